The van der Waals surface area contributed by atoms with Gasteiger partial charge in [0.15, 0.2) is 0 Å². The molecule has 1 amide bonds. The average Bonchev–Trinajstić information content (AvgIpc) is 3.39. The first-order valence-corrected chi connectivity index (χ1v) is 11.0. The van der Waals surface area contributed by atoms with Crippen molar-refractivity contribution in [1.82, 2.24) is 14.8 Å². The minimum Gasteiger partial charge on any atom is -0.381 e. The van der Waals surface area contributed by atoms with Crippen LogP contribution < -0.4 is 5.32 Å². The number of carbonyl (C=O) groups excluding carboxylic acids is 1. The van der Waals surface area contributed by atoms with Gasteiger partial charge in [0.05, 0.1) is 6.10 Å². The third-order valence-electron chi connectivity index (χ3n) is 6.92. The fourth-order valence-electron chi connectivity index (χ4n) is 5.22. The number of fused-ring (bicyclic) bond motifs is 3. The number of nitrogens with one attached hydrogen (secondary N) is 1. The molecule has 3 aliphatic rings. The van der Waals surface area contributed by atoms with Gasteiger partial charge in [-0.15, -0.1) is 0 Å². The molecule has 2 aromatic rings. The Kier molecular flexibility index (Phi) is 5.33. The minimum atomic E-state index is -0.00269. The third kappa shape index (κ3) is 3.69. The number of aryl methyl sites for hydroxylation is 1. The molecule has 5 rings (SSSR count). The van der Waals surface area contributed by atoms with Crippen molar-refractivity contribution in [1.29, 1.82) is 0 Å². The van der Waals surface area contributed by atoms with Crippen LogP contribution in [0.2, 0.25) is 0 Å². The van der Waals surface area contributed by atoms with E-state index in [0.717, 1.165) is 70.6 Å². The van der Waals surface area contributed by atoms with E-state index in [0.29, 0.717) is 12.6 Å². The maximum absolute atomic E-state index is 12.7. The molecule has 2 saturated heterocycles. The summed E-state index contributed by atoms with van der Waals surface area (Å²) in [6, 6.07) is 6.76. The van der Waals surface area contributed by atoms with Crippen molar-refractivity contribution in [2.24, 2.45) is 7.05 Å². The van der Waals surface area contributed by atoms with Crippen LogP contribution in [-0.2, 0) is 29.5 Å². The highest BCUT2D eigenvalue weighted by atomic mass is 16.5. The highest BCUT2D eigenvalue weighted by molar-refractivity contribution is 5.99. The van der Waals surface area contributed by atoms with Crippen molar-refractivity contribution in [3.05, 3.63) is 35.0 Å². The first-order chi connectivity index (χ1) is 14.2. The quantitative estimate of drug-likeness (QED) is 0.862. The SMILES string of the molecule is Cn1c2c(c3cc(C(=O)NCC4CCCO4)ccc31)CN(C1CCOCC1)CC2. The van der Waals surface area contributed by atoms with Crippen LogP contribution in [0, 0.1) is 0 Å². The number of rotatable bonds is 4. The highest BCUT2D eigenvalue weighted by Gasteiger charge is 2.29. The van der Waals surface area contributed by atoms with Crippen LogP contribution in [0.15, 0.2) is 18.2 Å². The summed E-state index contributed by atoms with van der Waals surface area (Å²) in [6.07, 6.45) is 5.60. The van der Waals surface area contributed by atoms with E-state index < -0.39 is 0 Å². The summed E-state index contributed by atoms with van der Waals surface area (Å²) in [4.78, 5) is 15.4. The van der Waals surface area contributed by atoms with E-state index in [1.54, 1.807) is 0 Å². The Labute approximate surface area is 172 Å². The molecule has 0 saturated carbocycles. The zero-order valence-electron chi connectivity index (χ0n) is 17.3. The Morgan fingerprint density at radius 1 is 1.21 bits per heavy atom. The number of aromatic nitrogens is 1. The Bertz CT molecular complexity index is 894. The largest absolute Gasteiger partial charge is 0.381 e. The van der Waals surface area contributed by atoms with E-state index in [2.05, 4.69) is 34.0 Å². The maximum atomic E-state index is 12.7. The van der Waals surface area contributed by atoms with Crippen molar-refractivity contribution in [2.45, 2.75) is 50.8 Å². The maximum Gasteiger partial charge on any atom is 0.251 e. The van der Waals surface area contributed by atoms with Gasteiger partial charge in [0.1, 0.15) is 0 Å². The molecular formula is C23H31N3O3. The molecular weight excluding hydrogens is 366 g/mol. The predicted molar refractivity (Wildman–Crippen MR) is 112 cm³/mol. The standard InChI is InChI=1S/C23H31N3O3/c1-25-21-5-4-16(23(27)24-14-18-3-2-10-29-18)13-19(21)20-15-26(9-6-22(20)25)17-7-11-28-12-8-17/h4-5,13,17-18H,2-3,6-12,14-15H2,1H3,(H,24,27). The van der Waals surface area contributed by atoms with Gasteiger partial charge >= 0.3 is 0 Å². The normalized spacial score (nSPS) is 23.4. The zero-order chi connectivity index (χ0) is 19.8. The van der Waals surface area contributed by atoms with E-state index >= 15 is 0 Å². The Morgan fingerprint density at radius 2 is 2.07 bits per heavy atom. The fourth-order valence-corrected chi connectivity index (χ4v) is 5.22. The summed E-state index contributed by atoms with van der Waals surface area (Å²) in [5.41, 5.74) is 4.78. The number of nitrogens with zero attached hydrogens (tertiary/aromatic N) is 2. The van der Waals surface area contributed by atoms with Gasteiger partial charge in [-0.3, -0.25) is 9.69 Å². The van der Waals surface area contributed by atoms with Gasteiger partial charge in [-0.25, -0.2) is 0 Å². The lowest BCUT2D eigenvalue weighted by Gasteiger charge is -2.37. The molecule has 6 nitrogen and oxygen atoms in total. The van der Waals surface area contributed by atoms with Crippen LogP contribution in [0.1, 0.15) is 47.3 Å². The molecule has 0 bridgehead atoms. The lowest BCUT2D eigenvalue weighted by Crippen LogP contribution is -2.42. The van der Waals surface area contributed by atoms with Crippen molar-refractivity contribution >= 4 is 16.8 Å². The van der Waals surface area contributed by atoms with Gasteiger partial charge in [0, 0.05) is 81.1 Å². The van der Waals surface area contributed by atoms with Gasteiger partial charge in [-0.05, 0) is 49.4 Å². The van der Waals surface area contributed by atoms with Crippen LogP contribution in [-0.4, -0.2) is 60.4 Å². The zero-order valence-corrected chi connectivity index (χ0v) is 17.3. The van der Waals surface area contributed by atoms with Crippen LogP contribution >= 0.6 is 0 Å². The van der Waals surface area contributed by atoms with Crippen LogP contribution in [0.4, 0.5) is 0 Å². The van der Waals surface area contributed by atoms with Crippen LogP contribution in [0.5, 0.6) is 0 Å². The molecule has 0 radical (unpaired) electrons. The molecule has 1 aromatic carbocycles. The average molecular weight is 398 g/mol. The van der Waals surface area contributed by atoms with Gasteiger partial charge in [0.25, 0.3) is 5.91 Å². The third-order valence-corrected chi connectivity index (χ3v) is 6.92. The second-order valence-electron chi connectivity index (χ2n) is 8.63. The molecule has 2 fully saturated rings. The topological polar surface area (TPSA) is 55.7 Å². The van der Waals surface area contributed by atoms with Gasteiger partial charge in [-0.2, -0.15) is 0 Å². The molecule has 1 unspecified atom stereocenters. The lowest BCUT2D eigenvalue weighted by atomic mass is 9.99. The molecule has 4 heterocycles. The fraction of sp³-hybridized carbons (Fsp3) is 0.609. The molecule has 0 spiro atoms. The summed E-state index contributed by atoms with van der Waals surface area (Å²) in [5, 5.41) is 4.28. The van der Waals surface area contributed by atoms with E-state index in [4.69, 9.17) is 9.47 Å². The number of amides is 1. The predicted octanol–water partition coefficient (Wildman–Crippen LogP) is 2.62. The Morgan fingerprint density at radius 3 is 2.86 bits per heavy atom. The molecule has 1 aromatic heterocycles. The van der Waals surface area contributed by atoms with Gasteiger partial charge in [-0.1, -0.05) is 0 Å². The second-order valence-corrected chi connectivity index (χ2v) is 8.63. The molecule has 6 heteroatoms. The van der Waals surface area contributed by atoms with E-state index in [9.17, 15) is 4.79 Å². The van der Waals surface area contributed by atoms with Crippen molar-refractivity contribution in [2.75, 3.05) is 32.9 Å². The summed E-state index contributed by atoms with van der Waals surface area (Å²) < 4.78 is 13.5. The number of benzene rings is 1. The molecule has 3 aliphatic heterocycles. The summed E-state index contributed by atoms with van der Waals surface area (Å²) in [7, 11) is 2.16. The molecule has 156 valence electrons. The van der Waals surface area contributed by atoms with Crippen LogP contribution in [0.3, 0.4) is 0 Å². The van der Waals surface area contributed by atoms with E-state index in [1.807, 2.05) is 6.07 Å². The lowest BCUT2D eigenvalue weighted by molar-refractivity contribution is 0.0289. The Hall–Kier alpha value is -1.89. The summed E-state index contributed by atoms with van der Waals surface area (Å²) in [6.45, 7) is 5.24. The van der Waals surface area contributed by atoms with Crippen molar-refractivity contribution < 1.29 is 14.3 Å². The molecule has 1 N–H and O–H groups in total. The monoisotopic (exact) mass is 397 g/mol. The highest BCUT2D eigenvalue weighted by Crippen LogP contribution is 2.32. The van der Waals surface area contributed by atoms with Crippen molar-refractivity contribution in [3.8, 4) is 0 Å². The Balaban J connectivity index is 1.38. The summed E-state index contributed by atoms with van der Waals surface area (Å²) >= 11 is 0. The van der Waals surface area contributed by atoms with Gasteiger partial charge in [0.2, 0.25) is 0 Å². The number of carbonyl (C=O) groups is 1. The smallest absolute Gasteiger partial charge is 0.251 e. The van der Waals surface area contributed by atoms with E-state index in [-0.39, 0.29) is 12.0 Å². The molecule has 0 aliphatic carbocycles. The van der Waals surface area contributed by atoms with Crippen LogP contribution in [0.25, 0.3) is 10.9 Å². The summed E-state index contributed by atoms with van der Waals surface area (Å²) in [5.74, 6) is -0.00269. The first-order valence-electron chi connectivity index (χ1n) is 11.0. The second kappa shape index (κ2) is 8.09. The van der Waals surface area contributed by atoms with E-state index in [1.165, 1.54) is 22.2 Å². The van der Waals surface area contributed by atoms with Crippen molar-refractivity contribution in [3.63, 3.8) is 0 Å². The number of hydrogen-bond donors (Lipinski definition) is 1. The first kappa shape index (κ1) is 19.1. The minimum absolute atomic E-state index is 0.00269. The number of ether oxygens (including phenoxy) is 2. The number of hydrogen-bond acceptors (Lipinski definition) is 4. The molecule has 29 heavy (non-hydrogen) atoms. The van der Waals surface area contributed by atoms with Gasteiger partial charge < -0.3 is 19.4 Å². The molecule has 1 atom stereocenters.